The zero-order chi connectivity index (χ0) is 20.9. The van der Waals surface area contributed by atoms with Gasteiger partial charge in [0.2, 0.25) is 0 Å². The number of ether oxygens (including phenoxy) is 1. The van der Waals surface area contributed by atoms with Crippen LogP contribution in [0, 0.1) is 0 Å². The van der Waals surface area contributed by atoms with Crippen molar-refractivity contribution in [2.45, 2.75) is 59.3 Å². The molecule has 2 rings (SSSR count). The number of hydrogen-bond donors (Lipinski definition) is 0. The summed E-state index contributed by atoms with van der Waals surface area (Å²) in [6, 6.07) is 15.8. The van der Waals surface area contributed by atoms with Crippen LogP contribution in [0.2, 0.25) is 5.02 Å². The van der Waals surface area contributed by atoms with Crippen molar-refractivity contribution in [3.8, 4) is 11.5 Å². The molecule has 0 aromatic heterocycles. The summed E-state index contributed by atoms with van der Waals surface area (Å²) in [6.07, 6.45) is 10.2. The number of allylic oxidation sites excluding steroid dienone is 1. The average molecular weight is 414 g/mol. The maximum absolute atomic E-state index is 5.93. The van der Waals surface area contributed by atoms with Crippen molar-refractivity contribution < 1.29 is 4.74 Å². The molecular weight excluding hydrogens is 378 g/mol. The maximum atomic E-state index is 5.93. The molecule has 2 nitrogen and oxygen atoms in total. The molecule has 2 aromatic rings. The van der Waals surface area contributed by atoms with Crippen molar-refractivity contribution >= 4 is 17.2 Å². The van der Waals surface area contributed by atoms with Crippen LogP contribution in [0.1, 0.15) is 64.9 Å². The number of rotatable bonds is 13. The van der Waals surface area contributed by atoms with Gasteiger partial charge in [-0.1, -0.05) is 69.3 Å². The van der Waals surface area contributed by atoms with Crippen molar-refractivity contribution in [2.75, 3.05) is 19.6 Å². The molecule has 0 radical (unpaired) electrons. The first-order valence-electron chi connectivity index (χ1n) is 11.0. The van der Waals surface area contributed by atoms with E-state index in [1.54, 1.807) is 0 Å². The summed E-state index contributed by atoms with van der Waals surface area (Å²) in [7, 11) is 0. The van der Waals surface area contributed by atoms with Crippen LogP contribution in [0.15, 0.2) is 54.6 Å². The van der Waals surface area contributed by atoms with E-state index in [0.29, 0.717) is 5.02 Å². The zero-order valence-corrected chi connectivity index (χ0v) is 19.0. The first kappa shape index (κ1) is 23.5. The molecule has 29 heavy (non-hydrogen) atoms. The predicted octanol–water partition coefficient (Wildman–Crippen LogP) is 8.22. The monoisotopic (exact) mass is 413 g/mol. The van der Waals surface area contributed by atoms with Crippen LogP contribution in [-0.2, 0) is 0 Å². The van der Waals surface area contributed by atoms with Gasteiger partial charge in [0, 0.05) is 11.6 Å². The standard InChI is InChI=1S/C26H36ClNO/c1-4-6-8-19-28(20-9-7-5-2)21-18-22(3)23-10-14-25(15-11-23)29-26-16-12-24(27)13-17-26/h10-18H,4-9,19-21H2,1-3H3. The molecule has 0 bridgehead atoms. The molecule has 0 atom stereocenters. The summed E-state index contributed by atoms with van der Waals surface area (Å²) < 4.78 is 5.89. The molecule has 158 valence electrons. The molecular formula is C26H36ClNO. The van der Waals surface area contributed by atoms with Crippen LogP contribution < -0.4 is 4.74 Å². The van der Waals surface area contributed by atoms with E-state index in [9.17, 15) is 0 Å². The summed E-state index contributed by atoms with van der Waals surface area (Å²) in [5.74, 6) is 1.63. The summed E-state index contributed by atoms with van der Waals surface area (Å²) in [5, 5.41) is 0.715. The van der Waals surface area contributed by atoms with Gasteiger partial charge in [0.15, 0.2) is 0 Å². The Morgan fingerprint density at radius 1 is 0.828 bits per heavy atom. The first-order valence-corrected chi connectivity index (χ1v) is 11.4. The van der Waals surface area contributed by atoms with Crippen LogP contribution in [0.3, 0.4) is 0 Å². The molecule has 0 amide bonds. The van der Waals surface area contributed by atoms with E-state index in [-0.39, 0.29) is 0 Å². The molecule has 0 aliphatic rings. The third-order valence-electron chi connectivity index (χ3n) is 5.17. The first-order chi connectivity index (χ1) is 14.1. The molecule has 0 saturated carbocycles. The third-order valence-corrected chi connectivity index (χ3v) is 5.42. The van der Waals surface area contributed by atoms with Crippen LogP contribution in [0.5, 0.6) is 11.5 Å². The van der Waals surface area contributed by atoms with Crippen molar-refractivity contribution in [1.29, 1.82) is 0 Å². The number of halogens is 1. The van der Waals surface area contributed by atoms with Gasteiger partial charge in [-0.3, -0.25) is 4.90 Å². The predicted molar refractivity (Wildman–Crippen MR) is 127 cm³/mol. The second-order valence-corrected chi connectivity index (χ2v) is 8.12. The lowest BCUT2D eigenvalue weighted by molar-refractivity contribution is 0.288. The topological polar surface area (TPSA) is 12.5 Å². The highest BCUT2D eigenvalue weighted by molar-refractivity contribution is 6.30. The van der Waals surface area contributed by atoms with Gasteiger partial charge in [0.05, 0.1) is 0 Å². The van der Waals surface area contributed by atoms with Crippen LogP contribution in [-0.4, -0.2) is 24.5 Å². The zero-order valence-electron chi connectivity index (χ0n) is 18.3. The smallest absolute Gasteiger partial charge is 0.127 e. The number of nitrogens with zero attached hydrogens (tertiary/aromatic N) is 1. The molecule has 0 heterocycles. The van der Waals surface area contributed by atoms with Gasteiger partial charge in [-0.15, -0.1) is 0 Å². The fourth-order valence-electron chi connectivity index (χ4n) is 3.27. The molecule has 0 fully saturated rings. The summed E-state index contributed by atoms with van der Waals surface area (Å²) >= 11 is 5.93. The Morgan fingerprint density at radius 3 is 1.86 bits per heavy atom. The lowest BCUT2D eigenvalue weighted by Crippen LogP contribution is -2.26. The lowest BCUT2D eigenvalue weighted by Gasteiger charge is -2.21. The molecule has 0 unspecified atom stereocenters. The van der Waals surface area contributed by atoms with Gasteiger partial charge in [-0.25, -0.2) is 0 Å². The molecule has 0 aliphatic heterocycles. The van der Waals surface area contributed by atoms with Gasteiger partial charge in [-0.2, -0.15) is 0 Å². The largest absolute Gasteiger partial charge is 0.457 e. The SMILES string of the molecule is CCCCCN(CC=C(C)c1ccc(Oc2ccc(Cl)cc2)cc1)CCCCC. The Bertz CT molecular complexity index is 711. The van der Waals surface area contributed by atoms with E-state index in [1.807, 2.05) is 36.4 Å². The normalized spacial score (nSPS) is 11.8. The Balaban J connectivity index is 1.92. The Hall–Kier alpha value is -1.77. The van der Waals surface area contributed by atoms with Gasteiger partial charge < -0.3 is 4.74 Å². The molecule has 0 saturated heterocycles. The van der Waals surface area contributed by atoms with Gasteiger partial charge in [0.25, 0.3) is 0 Å². The van der Waals surface area contributed by atoms with E-state index in [2.05, 4.69) is 43.9 Å². The van der Waals surface area contributed by atoms with Crippen molar-refractivity contribution in [3.63, 3.8) is 0 Å². The third kappa shape index (κ3) is 9.06. The minimum Gasteiger partial charge on any atom is -0.457 e. The number of hydrogen-bond acceptors (Lipinski definition) is 2. The Morgan fingerprint density at radius 2 is 1.34 bits per heavy atom. The summed E-state index contributed by atoms with van der Waals surface area (Å²) in [6.45, 7) is 10.2. The highest BCUT2D eigenvalue weighted by Crippen LogP contribution is 2.25. The fourth-order valence-corrected chi connectivity index (χ4v) is 3.40. The fraction of sp³-hybridized carbons (Fsp3) is 0.462. The average Bonchev–Trinajstić information content (AvgIpc) is 2.74. The second-order valence-electron chi connectivity index (χ2n) is 7.68. The van der Waals surface area contributed by atoms with Crippen LogP contribution in [0.4, 0.5) is 0 Å². The van der Waals surface area contributed by atoms with Crippen molar-refractivity contribution in [2.24, 2.45) is 0 Å². The summed E-state index contributed by atoms with van der Waals surface area (Å²) in [4.78, 5) is 2.60. The van der Waals surface area contributed by atoms with E-state index in [1.165, 1.54) is 62.8 Å². The highest BCUT2D eigenvalue weighted by Gasteiger charge is 2.04. The van der Waals surface area contributed by atoms with Gasteiger partial charge in [-0.05, 0) is 80.4 Å². The van der Waals surface area contributed by atoms with Gasteiger partial charge >= 0.3 is 0 Å². The van der Waals surface area contributed by atoms with E-state index in [4.69, 9.17) is 16.3 Å². The second kappa shape index (κ2) is 13.5. The Labute approximate surface area is 182 Å². The molecule has 2 aromatic carbocycles. The number of benzene rings is 2. The summed E-state index contributed by atoms with van der Waals surface area (Å²) in [5.41, 5.74) is 2.56. The van der Waals surface area contributed by atoms with Crippen molar-refractivity contribution in [1.82, 2.24) is 4.90 Å². The lowest BCUT2D eigenvalue weighted by atomic mass is 10.1. The highest BCUT2D eigenvalue weighted by atomic mass is 35.5. The van der Waals surface area contributed by atoms with E-state index in [0.717, 1.165) is 18.0 Å². The minimum atomic E-state index is 0.715. The van der Waals surface area contributed by atoms with Gasteiger partial charge in [0.1, 0.15) is 11.5 Å². The molecule has 0 aliphatic carbocycles. The maximum Gasteiger partial charge on any atom is 0.127 e. The van der Waals surface area contributed by atoms with Crippen LogP contribution in [0.25, 0.3) is 5.57 Å². The Kier molecular flexibility index (Phi) is 10.9. The van der Waals surface area contributed by atoms with E-state index < -0.39 is 0 Å². The number of unbranched alkanes of at least 4 members (excludes halogenated alkanes) is 4. The molecule has 0 spiro atoms. The molecule has 3 heteroatoms. The minimum absolute atomic E-state index is 0.715. The van der Waals surface area contributed by atoms with Crippen molar-refractivity contribution in [3.05, 3.63) is 65.2 Å². The van der Waals surface area contributed by atoms with Crippen LogP contribution >= 0.6 is 11.6 Å². The quantitative estimate of drug-likeness (QED) is 0.306. The van der Waals surface area contributed by atoms with E-state index >= 15 is 0 Å². The molecule has 0 N–H and O–H groups in total.